The number of aryl methyl sites for hydroxylation is 1. The molecule has 0 saturated carbocycles. The Balaban J connectivity index is 0.000000292. The lowest BCUT2D eigenvalue weighted by Gasteiger charge is -1.93. The van der Waals surface area contributed by atoms with Gasteiger partial charge in [0.25, 0.3) is 0 Å². The van der Waals surface area contributed by atoms with Gasteiger partial charge in [-0.25, -0.2) is 0 Å². The fraction of sp³-hybridized carbons (Fsp3) is 0.143. The average Bonchev–Trinajstić information content (AvgIpc) is 1.97. The van der Waals surface area contributed by atoms with Crippen molar-refractivity contribution in [2.24, 2.45) is 0 Å². The Labute approximate surface area is 68.8 Å². The maximum atomic E-state index is 8.29. The second-order valence-electron chi connectivity index (χ2n) is 1.92. The van der Waals surface area contributed by atoms with E-state index < -0.39 is 11.6 Å². The van der Waals surface area contributed by atoms with Crippen LogP contribution in [0, 0.1) is 6.92 Å². The van der Waals surface area contributed by atoms with E-state index in [4.69, 9.17) is 14.2 Å². The van der Waals surface area contributed by atoms with Crippen LogP contribution in [0.3, 0.4) is 0 Å². The quantitative estimate of drug-likeness (QED) is 0.590. The van der Waals surface area contributed by atoms with Crippen molar-refractivity contribution in [1.29, 1.82) is 0 Å². The highest BCUT2D eigenvalue weighted by Gasteiger charge is 1.84. The second kappa shape index (κ2) is 5.61. The van der Waals surface area contributed by atoms with Gasteiger partial charge in [-0.2, -0.15) is 8.42 Å². The van der Waals surface area contributed by atoms with Crippen molar-refractivity contribution in [3.63, 3.8) is 0 Å². The van der Waals surface area contributed by atoms with Crippen molar-refractivity contribution in [3.05, 3.63) is 29.8 Å². The summed E-state index contributed by atoms with van der Waals surface area (Å²) in [5, 5.41) is 0. The Morgan fingerprint density at radius 2 is 1.73 bits per heavy atom. The van der Waals surface area contributed by atoms with Gasteiger partial charge in [-0.15, -0.1) is 0 Å². The molecule has 0 radical (unpaired) electrons. The predicted octanol–water partition coefficient (Wildman–Crippen LogP) is 0.907. The lowest BCUT2D eigenvalue weighted by Crippen LogP contribution is -1.85. The Morgan fingerprint density at radius 3 is 2.00 bits per heavy atom. The SMILES string of the molecule is Cc1ccccc1N.O=S=O. The summed E-state index contributed by atoms with van der Waals surface area (Å²) in [6.07, 6.45) is 0. The van der Waals surface area contributed by atoms with Gasteiger partial charge in [-0.1, -0.05) is 18.2 Å². The Morgan fingerprint density at radius 1 is 1.27 bits per heavy atom. The number of hydrogen-bond acceptors (Lipinski definition) is 3. The van der Waals surface area contributed by atoms with Crippen LogP contribution in [0.5, 0.6) is 0 Å². The second-order valence-corrected chi connectivity index (χ2v) is 2.06. The van der Waals surface area contributed by atoms with E-state index in [-0.39, 0.29) is 0 Å². The number of benzene rings is 1. The third-order valence-electron chi connectivity index (χ3n) is 1.19. The largest absolute Gasteiger partial charge is 0.399 e. The van der Waals surface area contributed by atoms with Gasteiger partial charge in [-0.05, 0) is 18.6 Å². The van der Waals surface area contributed by atoms with Crippen molar-refractivity contribution < 1.29 is 8.42 Å². The molecule has 0 amide bonds. The molecular weight excluding hydrogens is 162 g/mol. The molecule has 1 rings (SSSR count). The van der Waals surface area contributed by atoms with Crippen LogP contribution in [0.25, 0.3) is 0 Å². The van der Waals surface area contributed by atoms with Crippen LogP contribution in [0.15, 0.2) is 24.3 Å². The molecule has 0 unspecified atom stereocenters. The lowest BCUT2D eigenvalue weighted by molar-refractivity contribution is 0.630. The average molecular weight is 171 g/mol. The predicted molar refractivity (Wildman–Crippen MR) is 44.5 cm³/mol. The summed E-state index contributed by atoms with van der Waals surface area (Å²) < 4.78 is 16.6. The summed E-state index contributed by atoms with van der Waals surface area (Å²) in [6, 6.07) is 7.80. The van der Waals surface area contributed by atoms with Crippen molar-refractivity contribution in [1.82, 2.24) is 0 Å². The zero-order chi connectivity index (χ0) is 8.69. The summed E-state index contributed by atoms with van der Waals surface area (Å²) in [5.74, 6) is 0. The Bertz CT molecular complexity index is 235. The van der Waals surface area contributed by atoms with Gasteiger partial charge >= 0.3 is 11.6 Å². The van der Waals surface area contributed by atoms with E-state index in [9.17, 15) is 0 Å². The van der Waals surface area contributed by atoms with Gasteiger partial charge in [0, 0.05) is 5.69 Å². The maximum Gasteiger partial charge on any atom is 0.335 e. The third kappa shape index (κ3) is 4.27. The van der Waals surface area contributed by atoms with Crippen molar-refractivity contribution in [3.8, 4) is 0 Å². The number of rotatable bonds is 0. The number of hydrogen-bond donors (Lipinski definition) is 1. The number of nitrogens with two attached hydrogens (primary N) is 1. The lowest BCUT2D eigenvalue weighted by atomic mass is 10.2. The molecule has 0 aliphatic rings. The molecular formula is C7H9NO2S. The molecule has 0 atom stereocenters. The Kier molecular flexibility index (Phi) is 5.02. The van der Waals surface area contributed by atoms with E-state index in [2.05, 4.69) is 0 Å². The minimum atomic E-state index is -0.750. The van der Waals surface area contributed by atoms with Crippen LogP contribution in [-0.2, 0) is 11.6 Å². The standard InChI is InChI=1S/C7H9N.O2S/c1-6-4-2-3-5-7(6)8;1-3-2/h2-5H,8H2,1H3;. The van der Waals surface area contributed by atoms with E-state index in [1.165, 1.54) is 0 Å². The van der Waals surface area contributed by atoms with Crippen molar-refractivity contribution in [2.45, 2.75) is 6.92 Å². The molecule has 60 valence electrons. The molecule has 1 aromatic rings. The molecule has 0 bridgehead atoms. The van der Waals surface area contributed by atoms with Gasteiger partial charge in [0.15, 0.2) is 0 Å². The monoisotopic (exact) mass is 171 g/mol. The smallest absolute Gasteiger partial charge is 0.335 e. The summed E-state index contributed by atoms with van der Waals surface area (Å²) in [5.41, 5.74) is 7.53. The van der Waals surface area contributed by atoms with Gasteiger partial charge < -0.3 is 5.73 Å². The highest BCUT2D eigenvalue weighted by Crippen LogP contribution is 2.06. The van der Waals surface area contributed by atoms with Crippen LogP contribution < -0.4 is 5.73 Å². The van der Waals surface area contributed by atoms with Crippen molar-refractivity contribution in [2.75, 3.05) is 5.73 Å². The molecule has 0 fully saturated rings. The van der Waals surface area contributed by atoms with Crippen LogP contribution >= 0.6 is 0 Å². The summed E-state index contributed by atoms with van der Waals surface area (Å²) in [4.78, 5) is 0. The molecule has 0 spiro atoms. The molecule has 2 N–H and O–H groups in total. The summed E-state index contributed by atoms with van der Waals surface area (Å²) >= 11 is -0.750. The highest BCUT2D eigenvalue weighted by atomic mass is 32.1. The van der Waals surface area contributed by atoms with E-state index in [0.29, 0.717) is 0 Å². The first kappa shape index (κ1) is 9.84. The minimum absolute atomic E-state index is 0.750. The van der Waals surface area contributed by atoms with Crippen LogP contribution in [0.4, 0.5) is 5.69 Å². The van der Waals surface area contributed by atoms with Crippen LogP contribution in [-0.4, -0.2) is 8.42 Å². The summed E-state index contributed by atoms with van der Waals surface area (Å²) in [6.45, 7) is 2.00. The van der Waals surface area contributed by atoms with Crippen LogP contribution in [0.2, 0.25) is 0 Å². The van der Waals surface area contributed by atoms with Gasteiger partial charge in [0.1, 0.15) is 0 Å². The van der Waals surface area contributed by atoms with Gasteiger partial charge in [-0.3, -0.25) is 0 Å². The van der Waals surface area contributed by atoms with E-state index >= 15 is 0 Å². The van der Waals surface area contributed by atoms with E-state index in [1.807, 2.05) is 31.2 Å². The molecule has 11 heavy (non-hydrogen) atoms. The maximum absolute atomic E-state index is 8.29. The topological polar surface area (TPSA) is 60.2 Å². The highest BCUT2D eigenvalue weighted by molar-refractivity contribution is 7.51. The number of para-hydroxylation sites is 1. The summed E-state index contributed by atoms with van der Waals surface area (Å²) in [7, 11) is 0. The molecule has 0 aromatic heterocycles. The number of anilines is 1. The fourth-order valence-electron chi connectivity index (χ4n) is 0.587. The zero-order valence-corrected chi connectivity index (χ0v) is 6.93. The van der Waals surface area contributed by atoms with E-state index in [0.717, 1.165) is 11.3 Å². The molecule has 1 aromatic carbocycles. The van der Waals surface area contributed by atoms with E-state index in [1.54, 1.807) is 0 Å². The van der Waals surface area contributed by atoms with Gasteiger partial charge in [0.05, 0.1) is 0 Å². The first-order valence-electron chi connectivity index (χ1n) is 2.95. The molecule has 0 saturated heterocycles. The normalized spacial score (nSPS) is 7.73. The molecule has 3 nitrogen and oxygen atoms in total. The molecule has 0 aliphatic carbocycles. The van der Waals surface area contributed by atoms with Crippen molar-refractivity contribution >= 4 is 17.3 Å². The van der Waals surface area contributed by atoms with Crippen LogP contribution in [0.1, 0.15) is 5.56 Å². The molecule has 4 heteroatoms. The Hall–Kier alpha value is -1.16. The number of nitrogen functional groups attached to an aromatic ring is 1. The minimum Gasteiger partial charge on any atom is -0.399 e. The first-order chi connectivity index (χ1) is 5.22. The third-order valence-corrected chi connectivity index (χ3v) is 1.19. The van der Waals surface area contributed by atoms with Gasteiger partial charge in [0.2, 0.25) is 0 Å². The first-order valence-corrected chi connectivity index (χ1v) is 3.62. The fourth-order valence-corrected chi connectivity index (χ4v) is 0.587. The molecule has 0 heterocycles. The molecule has 0 aliphatic heterocycles. The zero-order valence-electron chi connectivity index (χ0n) is 6.11.